The van der Waals surface area contributed by atoms with Gasteiger partial charge in [0.25, 0.3) is 0 Å². The van der Waals surface area contributed by atoms with E-state index in [1.807, 2.05) is 24.3 Å². The lowest BCUT2D eigenvalue weighted by Gasteiger charge is -2.05. The van der Waals surface area contributed by atoms with Crippen LogP contribution in [0.3, 0.4) is 0 Å². The van der Waals surface area contributed by atoms with Crippen molar-refractivity contribution in [3.05, 3.63) is 65.3 Å². The molecule has 0 aliphatic carbocycles. The maximum Gasteiger partial charge on any atom is 0.119 e. The van der Waals surface area contributed by atoms with Crippen LogP contribution in [-0.2, 0) is 13.2 Å². The molecule has 2 aromatic carbocycles. The minimum atomic E-state index is 0.565. The predicted octanol–water partition coefficient (Wildman–Crippen LogP) is 4.89. The first kappa shape index (κ1) is 13.1. The van der Waals surface area contributed by atoms with E-state index in [1.54, 1.807) is 0 Å². The number of ether oxygens (including phenoxy) is 1. The first-order chi connectivity index (χ1) is 9.78. The van der Waals surface area contributed by atoms with E-state index in [9.17, 15) is 0 Å². The van der Waals surface area contributed by atoms with Gasteiger partial charge in [0.05, 0.1) is 0 Å². The van der Waals surface area contributed by atoms with E-state index < -0.39 is 0 Å². The van der Waals surface area contributed by atoms with E-state index in [1.165, 1.54) is 16.5 Å². The Bertz CT molecular complexity index is 715. The summed E-state index contributed by atoms with van der Waals surface area (Å²) in [4.78, 5) is 0. The quantitative estimate of drug-likeness (QED) is 0.665. The smallest absolute Gasteiger partial charge is 0.119 e. The van der Waals surface area contributed by atoms with E-state index in [0.29, 0.717) is 6.61 Å². The van der Waals surface area contributed by atoms with Crippen LogP contribution in [0.4, 0.5) is 0 Å². The standard InChI is InChI=1S/C17H16ClNO/c1-2-19-11-13(16-5-3-4-6-17(16)19)12-20-15-9-7-14(18)8-10-15/h3-11H,2,12H2,1H3. The zero-order chi connectivity index (χ0) is 13.9. The van der Waals surface area contributed by atoms with E-state index in [0.717, 1.165) is 17.3 Å². The van der Waals surface area contributed by atoms with Crippen LogP contribution >= 0.6 is 11.6 Å². The van der Waals surface area contributed by atoms with Gasteiger partial charge in [0, 0.05) is 34.2 Å². The molecule has 0 unspecified atom stereocenters. The van der Waals surface area contributed by atoms with Crippen molar-refractivity contribution >= 4 is 22.5 Å². The normalized spacial score (nSPS) is 10.9. The summed E-state index contributed by atoms with van der Waals surface area (Å²) in [7, 11) is 0. The van der Waals surface area contributed by atoms with Gasteiger partial charge in [-0.3, -0.25) is 0 Å². The van der Waals surface area contributed by atoms with E-state index in [4.69, 9.17) is 16.3 Å². The second-order valence-electron chi connectivity index (χ2n) is 4.70. The molecule has 0 saturated heterocycles. The highest BCUT2D eigenvalue weighted by molar-refractivity contribution is 6.30. The van der Waals surface area contributed by atoms with E-state index in [-0.39, 0.29) is 0 Å². The van der Waals surface area contributed by atoms with Crippen LogP contribution in [0.5, 0.6) is 5.75 Å². The van der Waals surface area contributed by atoms with Crippen molar-refractivity contribution < 1.29 is 4.74 Å². The molecule has 3 heteroatoms. The average Bonchev–Trinajstić information content (AvgIpc) is 2.85. The Kier molecular flexibility index (Phi) is 3.66. The summed E-state index contributed by atoms with van der Waals surface area (Å²) in [6, 6.07) is 15.9. The molecule has 102 valence electrons. The van der Waals surface area contributed by atoms with Gasteiger partial charge in [0.1, 0.15) is 12.4 Å². The zero-order valence-electron chi connectivity index (χ0n) is 11.3. The molecular weight excluding hydrogens is 270 g/mol. The Morgan fingerprint density at radius 2 is 1.80 bits per heavy atom. The molecule has 0 spiro atoms. The SMILES string of the molecule is CCn1cc(COc2ccc(Cl)cc2)c2ccccc21. The van der Waals surface area contributed by atoms with Crippen LogP contribution in [0.25, 0.3) is 10.9 Å². The molecule has 1 aromatic heterocycles. The van der Waals surface area contributed by atoms with Crippen molar-refractivity contribution in [1.29, 1.82) is 0 Å². The highest BCUT2D eigenvalue weighted by atomic mass is 35.5. The average molecular weight is 286 g/mol. The molecule has 3 rings (SSSR count). The molecule has 0 aliphatic heterocycles. The van der Waals surface area contributed by atoms with Gasteiger partial charge in [-0.05, 0) is 37.3 Å². The second kappa shape index (κ2) is 5.59. The summed E-state index contributed by atoms with van der Waals surface area (Å²) in [5, 5.41) is 1.98. The molecule has 0 aliphatic rings. The Morgan fingerprint density at radius 3 is 2.55 bits per heavy atom. The summed E-state index contributed by atoms with van der Waals surface area (Å²) in [6.07, 6.45) is 2.17. The Labute approximate surface area is 123 Å². The number of hydrogen-bond acceptors (Lipinski definition) is 1. The van der Waals surface area contributed by atoms with Gasteiger partial charge in [-0.15, -0.1) is 0 Å². The van der Waals surface area contributed by atoms with Crippen molar-refractivity contribution in [3.8, 4) is 5.75 Å². The number of fused-ring (bicyclic) bond motifs is 1. The predicted molar refractivity (Wildman–Crippen MR) is 83.4 cm³/mol. The maximum absolute atomic E-state index is 5.87. The summed E-state index contributed by atoms with van der Waals surface area (Å²) in [5.74, 6) is 0.836. The highest BCUT2D eigenvalue weighted by Gasteiger charge is 2.07. The zero-order valence-corrected chi connectivity index (χ0v) is 12.1. The topological polar surface area (TPSA) is 14.2 Å². The number of rotatable bonds is 4. The number of para-hydroxylation sites is 1. The van der Waals surface area contributed by atoms with Crippen LogP contribution in [0.2, 0.25) is 5.02 Å². The lowest BCUT2D eigenvalue weighted by molar-refractivity contribution is 0.307. The van der Waals surface area contributed by atoms with Crippen LogP contribution in [0, 0.1) is 0 Å². The van der Waals surface area contributed by atoms with Crippen LogP contribution in [0.1, 0.15) is 12.5 Å². The van der Waals surface area contributed by atoms with Crippen molar-refractivity contribution in [3.63, 3.8) is 0 Å². The van der Waals surface area contributed by atoms with Gasteiger partial charge in [0.2, 0.25) is 0 Å². The van der Waals surface area contributed by atoms with Gasteiger partial charge >= 0.3 is 0 Å². The summed E-state index contributed by atoms with van der Waals surface area (Å²) < 4.78 is 8.09. The molecule has 0 radical (unpaired) electrons. The fourth-order valence-corrected chi connectivity index (χ4v) is 2.52. The third kappa shape index (κ3) is 2.52. The summed E-state index contributed by atoms with van der Waals surface area (Å²) >= 11 is 5.87. The van der Waals surface area contributed by atoms with Crippen molar-refractivity contribution in [1.82, 2.24) is 4.57 Å². The largest absolute Gasteiger partial charge is 0.489 e. The summed E-state index contributed by atoms with van der Waals surface area (Å²) in [6.45, 7) is 3.67. The first-order valence-corrected chi connectivity index (χ1v) is 7.11. The second-order valence-corrected chi connectivity index (χ2v) is 5.14. The lowest BCUT2D eigenvalue weighted by Crippen LogP contribution is -1.94. The van der Waals surface area contributed by atoms with Gasteiger partial charge < -0.3 is 9.30 Å². The molecule has 2 nitrogen and oxygen atoms in total. The van der Waals surface area contributed by atoms with Crippen LogP contribution < -0.4 is 4.74 Å². The molecule has 0 bridgehead atoms. The molecule has 0 amide bonds. The van der Waals surface area contributed by atoms with E-state index >= 15 is 0 Å². The third-order valence-electron chi connectivity index (χ3n) is 3.42. The number of aromatic nitrogens is 1. The number of benzene rings is 2. The molecule has 0 atom stereocenters. The highest BCUT2D eigenvalue weighted by Crippen LogP contribution is 2.23. The van der Waals surface area contributed by atoms with Gasteiger partial charge in [-0.2, -0.15) is 0 Å². The minimum absolute atomic E-state index is 0.565. The molecule has 20 heavy (non-hydrogen) atoms. The fraction of sp³-hybridized carbons (Fsp3) is 0.176. The summed E-state index contributed by atoms with van der Waals surface area (Å²) in [5.41, 5.74) is 2.46. The Hall–Kier alpha value is -1.93. The van der Waals surface area contributed by atoms with Crippen LogP contribution in [-0.4, -0.2) is 4.57 Å². The lowest BCUT2D eigenvalue weighted by atomic mass is 10.2. The monoisotopic (exact) mass is 285 g/mol. The molecule has 0 N–H and O–H groups in total. The molecule has 0 saturated carbocycles. The Balaban J connectivity index is 1.85. The Morgan fingerprint density at radius 1 is 1.05 bits per heavy atom. The van der Waals surface area contributed by atoms with Gasteiger partial charge in [-0.1, -0.05) is 29.8 Å². The third-order valence-corrected chi connectivity index (χ3v) is 3.67. The maximum atomic E-state index is 5.87. The fourth-order valence-electron chi connectivity index (χ4n) is 2.39. The van der Waals surface area contributed by atoms with Crippen molar-refractivity contribution in [2.24, 2.45) is 0 Å². The van der Waals surface area contributed by atoms with Gasteiger partial charge in [-0.25, -0.2) is 0 Å². The molecule has 0 fully saturated rings. The van der Waals surface area contributed by atoms with Crippen LogP contribution in [0.15, 0.2) is 54.7 Å². The number of aryl methyl sites for hydroxylation is 1. The van der Waals surface area contributed by atoms with E-state index in [2.05, 4.69) is 42.0 Å². The van der Waals surface area contributed by atoms with Crippen molar-refractivity contribution in [2.45, 2.75) is 20.1 Å². The minimum Gasteiger partial charge on any atom is -0.489 e. The number of nitrogens with zero attached hydrogens (tertiary/aromatic N) is 1. The first-order valence-electron chi connectivity index (χ1n) is 6.73. The molecular formula is C17H16ClNO. The van der Waals surface area contributed by atoms with Crippen molar-refractivity contribution in [2.75, 3.05) is 0 Å². The molecule has 1 heterocycles. The van der Waals surface area contributed by atoms with Gasteiger partial charge in [0.15, 0.2) is 0 Å². The molecule has 3 aromatic rings. The number of hydrogen-bond donors (Lipinski definition) is 0. The number of halogens is 1.